The predicted octanol–water partition coefficient (Wildman–Crippen LogP) is 4.29. The summed E-state index contributed by atoms with van der Waals surface area (Å²) in [6, 6.07) is 7.26. The van der Waals surface area contributed by atoms with Gasteiger partial charge in [0, 0.05) is 18.0 Å². The van der Waals surface area contributed by atoms with E-state index >= 15 is 0 Å². The summed E-state index contributed by atoms with van der Waals surface area (Å²) in [6.07, 6.45) is 3.62. The zero-order chi connectivity index (χ0) is 15.0. The van der Waals surface area contributed by atoms with Crippen LogP contribution in [0.15, 0.2) is 36.7 Å². The highest BCUT2D eigenvalue weighted by Crippen LogP contribution is 2.30. The number of halogens is 2. The van der Waals surface area contributed by atoms with Crippen LogP contribution in [0.1, 0.15) is 6.92 Å². The number of nitrogens with zero attached hydrogens (tertiary/aromatic N) is 2. The van der Waals surface area contributed by atoms with Crippen LogP contribution in [0.5, 0.6) is 5.75 Å². The molecule has 0 atom stereocenters. The van der Waals surface area contributed by atoms with Gasteiger partial charge in [0.2, 0.25) is 0 Å². The van der Waals surface area contributed by atoms with Crippen molar-refractivity contribution in [2.75, 3.05) is 12.3 Å². The molecule has 0 unspecified atom stereocenters. The number of anilines is 1. The number of hydrogen-bond donors (Lipinski definition) is 1. The number of nitrogen functional groups attached to an aromatic ring is 1. The van der Waals surface area contributed by atoms with Gasteiger partial charge in [-0.15, -0.1) is 0 Å². The first-order chi connectivity index (χ1) is 10.1. The Hall–Kier alpha value is -1.91. The average molecular weight is 322 g/mol. The van der Waals surface area contributed by atoms with Gasteiger partial charge in [0.1, 0.15) is 5.75 Å². The van der Waals surface area contributed by atoms with Crippen LogP contribution in [0, 0.1) is 0 Å². The number of rotatable bonds is 3. The maximum atomic E-state index is 6.15. The van der Waals surface area contributed by atoms with Gasteiger partial charge in [-0.3, -0.25) is 0 Å². The van der Waals surface area contributed by atoms with Crippen LogP contribution in [0.2, 0.25) is 10.0 Å². The molecule has 1 aromatic carbocycles. The first-order valence-electron chi connectivity index (χ1n) is 6.45. The van der Waals surface area contributed by atoms with E-state index < -0.39 is 0 Å². The Kier molecular flexibility index (Phi) is 3.66. The van der Waals surface area contributed by atoms with Gasteiger partial charge >= 0.3 is 0 Å². The van der Waals surface area contributed by atoms with Gasteiger partial charge < -0.3 is 14.9 Å². The molecule has 0 amide bonds. The molecule has 0 saturated heterocycles. The van der Waals surface area contributed by atoms with E-state index in [-0.39, 0.29) is 0 Å². The van der Waals surface area contributed by atoms with Gasteiger partial charge in [-0.25, -0.2) is 4.98 Å². The van der Waals surface area contributed by atoms with Crippen molar-refractivity contribution in [3.05, 3.63) is 46.7 Å². The molecule has 0 aliphatic rings. The summed E-state index contributed by atoms with van der Waals surface area (Å²) in [5.74, 6) is 0.672. The van der Waals surface area contributed by atoms with Crippen molar-refractivity contribution < 1.29 is 4.74 Å². The molecule has 4 nitrogen and oxygen atoms in total. The lowest BCUT2D eigenvalue weighted by Crippen LogP contribution is -1.96. The minimum Gasteiger partial charge on any atom is -0.492 e. The SMILES string of the molecule is CCOc1ccc(-c2cn3cc(Cl)cc(Cl)c3n2)cc1N. The molecule has 0 bridgehead atoms. The molecule has 0 radical (unpaired) electrons. The number of ether oxygens (including phenoxy) is 1. The molecule has 3 aromatic rings. The molecule has 2 aromatic heterocycles. The third kappa shape index (κ3) is 2.64. The molecular weight excluding hydrogens is 309 g/mol. The summed E-state index contributed by atoms with van der Waals surface area (Å²) < 4.78 is 7.23. The second-order valence-corrected chi connectivity index (χ2v) is 5.39. The second-order valence-electron chi connectivity index (χ2n) is 4.55. The highest BCUT2D eigenvalue weighted by Gasteiger charge is 2.10. The molecule has 2 heterocycles. The van der Waals surface area contributed by atoms with Crippen LogP contribution in [0.4, 0.5) is 5.69 Å². The number of benzene rings is 1. The Morgan fingerprint density at radius 3 is 2.76 bits per heavy atom. The van der Waals surface area contributed by atoms with Crippen LogP contribution in [-0.4, -0.2) is 16.0 Å². The first kappa shape index (κ1) is 14.0. The lowest BCUT2D eigenvalue weighted by molar-refractivity contribution is 0.342. The quantitative estimate of drug-likeness (QED) is 0.732. The number of pyridine rings is 1. The Balaban J connectivity index is 2.08. The zero-order valence-corrected chi connectivity index (χ0v) is 12.8. The molecule has 2 N–H and O–H groups in total. The average Bonchev–Trinajstić information content (AvgIpc) is 2.85. The first-order valence-corrected chi connectivity index (χ1v) is 7.20. The Labute approximate surface area is 132 Å². The molecule has 0 spiro atoms. The summed E-state index contributed by atoms with van der Waals surface area (Å²) in [6.45, 7) is 2.49. The van der Waals surface area contributed by atoms with Crippen molar-refractivity contribution >= 4 is 34.5 Å². The third-order valence-electron chi connectivity index (χ3n) is 3.08. The molecule has 108 valence electrons. The lowest BCUT2D eigenvalue weighted by atomic mass is 10.1. The molecule has 6 heteroatoms. The summed E-state index contributed by atoms with van der Waals surface area (Å²) in [5, 5.41) is 1.07. The van der Waals surface area contributed by atoms with E-state index in [2.05, 4.69) is 4.98 Å². The van der Waals surface area contributed by atoms with Crippen molar-refractivity contribution in [2.45, 2.75) is 6.92 Å². The van der Waals surface area contributed by atoms with E-state index in [1.807, 2.05) is 31.3 Å². The van der Waals surface area contributed by atoms with E-state index in [9.17, 15) is 0 Å². The fraction of sp³-hybridized carbons (Fsp3) is 0.133. The van der Waals surface area contributed by atoms with Crippen LogP contribution < -0.4 is 10.5 Å². The summed E-state index contributed by atoms with van der Waals surface area (Å²) in [7, 11) is 0. The van der Waals surface area contributed by atoms with Crippen LogP contribution in [0.3, 0.4) is 0 Å². The van der Waals surface area contributed by atoms with Crippen molar-refractivity contribution in [3.8, 4) is 17.0 Å². The minimum atomic E-state index is 0.507. The lowest BCUT2D eigenvalue weighted by Gasteiger charge is -2.07. The summed E-state index contributed by atoms with van der Waals surface area (Å²) in [5.41, 5.74) is 8.89. The van der Waals surface area contributed by atoms with Crippen molar-refractivity contribution in [3.63, 3.8) is 0 Å². The number of aromatic nitrogens is 2. The molecule has 0 aliphatic carbocycles. The topological polar surface area (TPSA) is 52.5 Å². The number of fused-ring (bicyclic) bond motifs is 1. The van der Waals surface area contributed by atoms with Crippen molar-refractivity contribution in [2.24, 2.45) is 0 Å². The van der Waals surface area contributed by atoms with Gasteiger partial charge in [-0.1, -0.05) is 23.2 Å². The highest BCUT2D eigenvalue weighted by molar-refractivity contribution is 6.36. The molecular formula is C15H13Cl2N3O. The second kappa shape index (κ2) is 5.47. The maximum Gasteiger partial charge on any atom is 0.156 e. The Morgan fingerprint density at radius 2 is 2.05 bits per heavy atom. The third-order valence-corrected chi connectivity index (χ3v) is 3.56. The smallest absolute Gasteiger partial charge is 0.156 e. The number of hydrogen-bond acceptors (Lipinski definition) is 3. The van der Waals surface area contributed by atoms with Crippen LogP contribution >= 0.6 is 23.2 Å². The van der Waals surface area contributed by atoms with E-state index in [4.69, 9.17) is 33.7 Å². The molecule has 0 saturated carbocycles. The van der Waals surface area contributed by atoms with Crippen molar-refractivity contribution in [1.29, 1.82) is 0 Å². The standard InChI is InChI=1S/C15H13Cl2N3O/c1-2-21-14-4-3-9(5-12(14)18)13-8-20-7-10(16)6-11(17)15(20)19-13/h3-8H,2,18H2,1H3. The zero-order valence-electron chi connectivity index (χ0n) is 11.3. The summed E-state index contributed by atoms with van der Waals surface area (Å²) in [4.78, 5) is 4.52. The Morgan fingerprint density at radius 1 is 1.24 bits per heavy atom. The number of nitrogens with two attached hydrogens (primary N) is 1. The Bertz CT molecular complexity index is 814. The van der Waals surface area contributed by atoms with Gasteiger partial charge in [-0.2, -0.15) is 0 Å². The fourth-order valence-corrected chi connectivity index (χ4v) is 2.69. The van der Waals surface area contributed by atoms with Crippen LogP contribution in [0.25, 0.3) is 16.9 Å². The molecule has 0 fully saturated rings. The highest BCUT2D eigenvalue weighted by atomic mass is 35.5. The summed E-state index contributed by atoms with van der Waals surface area (Å²) >= 11 is 12.1. The fourth-order valence-electron chi connectivity index (χ4n) is 2.16. The van der Waals surface area contributed by atoms with Gasteiger partial charge in [-0.05, 0) is 31.2 Å². The van der Waals surface area contributed by atoms with E-state index in [1.54, 1.807) is 16.7 Å². The van der Waals surface area contributed by atoms with E-state index in [0.29, 0.717) is 33.7 Å². The van der Waals surface area contributed by atoms with Crippen molar-refractivity contribution in [1.82, 2.24) is 9.38 Å². The molecule has 0 aliphatic heterocycles. The van der Waals surface area contributed by atoms with Gasteiger partial charge in [0.25, 0.3) is 0 Å². The van der Waals surface area contributed by atoms with Crippen LogP contribution in [-0.2, 0) is 0 Å². The van der Waals surface area contributed by atoms with Gasteiger partial charge in [0.15, 0.2) is 5.65 Å². The minimum absolute atomic E-state index is 0.507. The monoisotopic (exact) mass is 321 g/mol. The normalized spacial score (nSPS) is 11.0. The predicted molar refractivity (Wildman–Crippen MR) is 86.2 cm³/mol. The largest absolute Gasteiger partial charge is 0.492 e. The van der Waals surface area contributed by atoms with Gasteiger partial charge in [0.05, 0.1) is 28.0 Å². The molecule has 3 rings (SSSR count). The van der Waals surface area contributed by atoms with E-state index in [1.165, 1.54) is 0 Å². The maximum absolute atomic E-state index is 6.15. The number of imidazole rings is 1. The van der Waals surface area contributed by atoms with E-state index in [0.717, 1.165) is 11.3 Å². The molecule has 21 heavy (non-hydrogen) atoms.